The second-order valence-corrected chi connectivity index (χ2v) is 7.22. The zero-order valence-corrected chi connectivity index (χ0v) is 16.1. The normalized spacial score (nSPS) is 20.0. The Morgan fingerprint density at radius 3 is 2.59 bits per heavy atom. The predicted molar refractivity (Wildman–Crippen MR) is 107 cm³/mol. The van der Waals surface area contributed by atoms with Crippen molar-refractivity contribution in [3.8, 4) is 5.88 Å². The summed E-state index contributed by atoms with van der Waals surface area (Å²) in [6, 6.07) is 6.37. The quantitative estimate of drug-likeness (QED) is 0.789. The molecule has 0 bridgehead atoms. The van der Waals surface area contributed by atoms with E-state index in [0.717, 1.165) is 76.4 Å². The summed E-state index contributed by atoms with van der Waals surface area (Å²) in [6.07, 6.45) is 2.71. The molecule has 2 aliphatic rings. The number of rotatable bonds is 5. The summed E-state index contributed by atoms with van der Waals surface area (Å²) in [7, 11) is 1.66. The Balaban J connectivity index is 1.33. The van der Waals surface area contributed by atoms with E-state index in [0.29, 0.717) is 5.88 Å². The van der Waals surface area contributed by atoms with Gasteiger partial charge in [-0.2, -0.15) is 0 Å². The van der Waals surface area contributed by atoms with Crippen LogP contribution in [0.2, 0.25) is 0 Å². The van der Waals surface area contributed by atoms with E-state index < -0.39 is 0 Å². The molecule has 2 fully saturated rings. The fraction of sp³-hybridized carbons (Fsp3) is 0.600. The zero-order chi connectivity index (χ0) is 18.5. The highest BCUT2D eigenvalue weighted by Gasteiger charge is 2.19. The number of anilines is 1. The van der Waals surface area contributed by atoms with E-state index in [-0.39, 0.29) is 0 Å². The number of benzene rings is 1. The Morgan fingerprint density at radius 2 is 1.78 bits per heavy atom. The van der Waals surface area contributed by atoms with Crippen molar-refractivity contribution in [3.63, 3.8) is 0 Å². The highest BCUT2D eigenvalue weighted by atomic mass is 16.5. The lowest BCUT2D eigenvalue weighted by Crippen LogP contribution is -2.48. The third-order valence-corrected chi connectivity index (χ3v) is 5.56. The second kappa shape index (κ2) is 8.82. The van der Waals surface area contributed by atoms with E-state index in [1.54, 1.807) is 13.4 Å². The van der Waals surface area contributed by atoms with Crippen molar-refractivity contribution in [2.75, 3.05) is 77.6 Å². The van der Waals surface area contributed by atoms with Crippen LogP contribution in [0.1, 0.15) is 6.42 Å². The standard InChI is InChI=1S/C20H29N5O2/c1-26-20-18-15-17(3-4-19(18)21-16-22-20)25-10-8-24(9-11-25)7-6-23-5-2-13-27-14-12-23/h3-4,15-16H,2,5-14H2,1H3. The van der Waals surface area contributed by atoms with Crippen molar-refractivity contribution >= 4 is 16.6 Å². The van der Waals surface area contributed by atoms with Crippen molar-refractivity contribution in [1.29, 1.82) is 0 Å². The molecular weight excluding hydrogens is 342 g/mol. The molecule has 3 heterocycles. The number of aromatic nitrogens is 2. The molecule has 0 saturated carbocycles. The molecule has 1 aromatic heterocycles. The van der Waals surface area contributed by atoms with Crippen molar-refractivity contribution in [1.82, 2.24) is 19.8 Å². The monoisotopic (exact) mass is 371 g/mol. The third-order valence-electron chi connectivity index (χ3n) is 5.56. The molecule has 0 unspecified atom stereocenters. The van der Waals surface area contributed by atoms with Gasteiger partial charge in [0.2, 0.25) is 5.88 Å². The van der Waals surface area contributed by atoms with Crippen molar-refractivity contribution in [2.45, 2.75) is 6.42 Å². The first-order valence-electron chi connectivity index (χ1n) is 9.89. The average Bonchev–Trinajstić information content (AvgIpc) is 3.01. The summed E-state index contributed by atoms with van der Waals surface area (Å²) in [4.78, 5) is 16.1. The fourth-order valence-electron chi connectivity index (χ4n) is 3.91. The number of hydrogen-bond donors (Lipinski definition) is 0. The summed E-state index contributed by atoms with van der Waals surface area (Å²) < 4.78 is 10.9. The van der Waals surface area contributed by atoms with Crippen LogP contribution >= 0.6 is 0 Å². The van der Waals surface area contributed by atoms with E-state index >= 15 is 0 Å². The largest absolute Gasteiger partial charge is 0.480 e. The van der Waals surface area contributed by atoms with Crippen LogP contribution in [0.15, 0.2) is 24.5 Å². The Kier molecular flexibility index (Phi) is 6.01. The minimum atomic E-state index is 0.641. The van der Waals surface area contributed by atoms with Gasteiger partial charge in [0.25, 0.3) is 0 Å². The maximum Gasteiger partial charge on any atom is 0.224 e. The molecule has 0 radical (unpaired) electrons. The SMILES string of the molecule is COc1ncnc2ccc(N3CCN(CCN4CCCOCC4)CC3)cc12. The van der Waals surface area contributed by atoms with E-state index in [1.807, 2.05) is 0 Å². The molecule has 0 N–H and O–H groups in total. The molecule has 2 aromatic rings. The molecule has 0 spiro atoms. The minimum Gasteiger partial charge on any atom is -0.480 e. The van der Waals surface area contributed by atoms with E-state index in [9.17, 15) is 0 Å². The molecule has 7 heteroatoms. The first kappa shape index (κ1) is 18.4. The summed E-state index contributed by atoms with van der Waals surface area (Å²) in [5.41, 5.74) is 2.14. The summed E-state index contributed by atoms with van der Waals surface area (Å²) in [5.74, 6) is 0.641. The summed E-state index contributed by atoms with van der Waals surface area (Å²) in [6.45, 7) is 10.6. The Morgan fingerprint density at radius 1 is 0.963 bits per heavy atom. The van der Waals surface area contributed by atoms with Crippen LogP contribution in [0.5, 0.6) is 5.88 Å². The van der Waals surface area contributed by atoms with Gasteiger partial charge >= 0.3 is 0 Å². The number of nitrogens with zero attached hydrogens (tertiary/aromatic N) is 5. The van der Waals surface area contributed by atoms with Crippen LogP contribution < -0.4 is 9.64 Å². The van der Waals surface area contributed by atoms with Gasteiger partial charge in [-0.1, -0.05) is 0 Å². The minimum absolute atomic E-state index is 0.641. The van der Waals surface area contributed by atoms with Gasteiger partial charge in [0.05, 0.1) is 24.6 Å². The van der Waals surface area contributed by atoms with Gasteiger partial charge in [-0.15, -0.1) is 0 Å². The van der Waals surface area contributed by atoms with Crippen LogP contribution in [0, 0.1) is 0 Å². The molecular formula is C20H29N5O2. The van der Waals surface area contributed by atoms with Crippen molar-refractivity contribution in [3.05, 3.63) is 24.5 Å². The van der Waals surface area contributed by atoms with Gasteiger partial charge in [-0.3, -0.25) is 9.80 Å². The topological polar surface area (TPSA) is 54.0 Å². The van der Waals surface area contributed by atoms with E-state index in [2.05, 4.69) is 42.9 Å². The maximum absolute atomic E-state index is 5.55. The highest BCUT2D eigenvalue weighted by Crippen LogP contribution is 2.27. The molecule has 27 heavy (non-hydrogen) atoms. The van der Waals surface area contributed by atoms with Crippen LogP contribution in [0.25, 0.3) is 10.9 Å². The molecule has 7 nitrogen and oxygen atoms in total. The fourth-order valence-corrected chi connectivity index (χ4v) is 3.91. The molecule has 2 aliphatic heterocycles. The van der Waals surface area contributed by atoms with Gasteiger partial charge in [0.15, 0.2) is 0 Å². The predicted octanol–water partition coefficient (Wildman–Crippen LogP) is 1.48. The van der Waals surface area contributed by atoms with Crippen LogP contribution in [0.3, 0.4) is 0 Å². The summed E-state index contributed by atoms with van der Waals surface area (Å²) in [5, 5.41) is 0.975. The molecule has 0 aliphatic carbocycles. The highest BCUT2D eigenvalue weighted by molar-refractivity contribution is 5.86. The smallest absolute Gasteiger partial charge is 0.224 e. The molecule has 4 rings (SSSR count). The average molecular weight is 371 g/mol. The number of fused-ring (bicyclic) bond motifs is 1. The number of piperazine rings is 1. The van der Waals surface area contributed by atoms with Crippen molar-refractivity contribution in [2.24, 2.45) is 0 Å². The Labute approximate surface area is 160 Å². The van der Waals surface area contributed by atoms with Gasteiger partial charge in [-0.25, -0.2) is 9.97 Å². The van der Waals surface area contributed by atoms with Gasteiger partial charge in [0.1, 0.15) is 6.33 Å². The number of ether oxygens (including phenoxy) is 2. The molecule has 0 amide bonds. The maximum atomic E-state index is 5.55. The second-order valence-electron chi connectivity index (χ2n) is 7.22. The Bertz CT molecular complexity index is 740. The lowest BCUT2D eigenvalue weighted by Gasteiger charge is -2.37. The van der Waals surface area contributed by atoms with E-state index in [4.69, 9.17) is 9.47 Å². The van der Waals surface area contributed by atoms with Gasteiger partial charge in [0, 0.05) is 64.7 Å². The number of methoxy groups -OCH3 is 1. The summed E-state index contributed by atoms with van der Waals surface area (Å²) >= 11 is 0. The molecule has 0 atom stereocenters. The van der Waals surface area contributed by atoms with Gasteiger partial charge in [-0.05, 0) is 24.6 Å². The molecule has 2 saturated heterocycles. The van der Waals surface area contributed by atoms with E-state index in [1.165, 1.54) is 12.2 Å². The lowest BCUT2D eigenvalue weighted by atomic mass is 10.2. The zero-order valence-electron chi connectivity index (χ0n) is 16.1. The number of hydrogen-bond acceptors (Lipinski definition) is 7. The molecule has 146 valence electrons. The lowest BCUT2D eigenvalue weighted by molar-refractivity contribution is 0.137. The van der Waals surface area contributed by atoms with Gasteiger partial charge < -0.3 is 14.4 Å². The first-order valence-corrected chi connectivity index (χ1v) is 9.89. The molecule has 1 aromatic carbocycles. The Hall–Kier alpha value is -1.96. The van der Waals surface area contributed by atoms with Crippen LogP contribution in [-0.4, -0.2) is 92.4 Å². The van der Waals surface area contributed by atoms with Crippen LogP contribution in [-0.2, 0) is 4.74 Å². The first-order chi connectivity index (χ1) is 13.3. The van der Waals surface area contributed by atoms with Crippen LogP contribution in [0.4, 0.5) is 5.69 Å². The van der Waals surface area contributed by atoms with Crippen molar-refractivity contribution < 1.29 is 9.47 Å². The third kappa shape index (κ3) is 4.48.